The van der Waals surface area contributed by atoms with Crippen LogP contribution in [0.3, 0.4) is 0 Å². The number of aromatic amines is 1. The summed E-state index contributed by atoms with van der Waals surface area (Å²) in [7, 11) is -0.589. The van der Waals surface area contributed by atoms with Gasteiger partial charge >= 0.3 is 7.12 Å². The number of hydrogen-bond acceptors (Lipinski definition) is 5. The van der Waals surface area contributed by atoms with Crippen molar-refractivity contribution in [3.63, 3.8) is 0 Å². The summed E-state index contributed by atoms with van der Waals surface area (Å²) in [5, 5.41) is 3.54. The topological polar surface area (TPSA) is 93.3 Å². The van der Waals surface area contributed by atoms with Gasteiger partial charge in [-0.2, -0.15) is 0 Å². The molecule has 0 atom stereocenters. The maximum atomic E-state index is 11.4. The summed E-state index contributed by atoms with van der Waals surface area (Å²) in [6.45, 7) is 9.67. The number of nitrogens with one attached hydrogen (secondary N) is 2. The van der Waals surface area contributed by atoms with E-state index in [-0.39, 0.29) is 12.5 Å². The Labute approximate surface area is 158 Å². The molecule has 3 heterocycles. The zero-order valence-corrected chi connectivity index (χ0v) is 16.3. The third-order valence-corrected chi connectivity index (χ3v) is 5.16. The molecule has 27 heavy (non-hydrogen) atoms. The quantitative estimate of drug-likeness (QED) is 0.624. The zero-order chi connectivity index (χ0) is 19.8. The summed E-state index contributed by atoms with van der Waals surface area (Å²) in [6, 6.07) is 1.88. The Kier molecular flexibility index (Phi) is 4.97. The summed E-state index contributed by atoms with van der Waals surface area (Å²) >= 11 is 0. The van der Waals surface area contributed by atoms with Crippen molar-refractivity contribution in [3.05, 3.63) is 35.1 Å². The van der Waals surface area contributed by atoms with Crippen LogP contribution < -0.4 is 5.32 Å². The number of amides is 1. The van der Waals surface area contributed by atoms with Crippen LogP contribution in [0.4, 0.5) is 0 Å². The smallest absolute Gasteiger partial charge is 0.400 e. The Morgan fingerprint density at radius 3 is 2.56 bits per heavy atom. The van der Waals surface area contributed by atoms with E-state index >= 15 is 0 Å². The molecular weight excluding hydrogens is 345 g/mol. The predicted molar refractivity (Wildman–Crippen MR) is 104 cm³/mol. The van der Waals surface area contributed by atoms with E-state index in [1.807, 2.05) is 39.8 Å². The lowest BCUT2D eigenvalue weighted by Crippen LogP contribution is -2.41. The molecule has 1 aliphatic rings. The Morgan fingerprint density at radius 1 is 1.30 bits per heavy atom. The lowest BCUT2D eigenvalue weighted by molar-refractivity contribution is -0.118. The van der Waals surface area contributed by atoms with Gasteiger partial charge in [0, 0.05) is 36.8 Å². The van der Waals surface area contributed by atoms with Crippen molar-refractivity contribution in [1.29, 1.82) is 0 Å². The molecule has 1 aliphatic heterocycles. The van der Waals surface area contributed by atoms with Gasteiger partial charge in [0.25, 0.3) is 0 Å². The number of nitrogens with zero attached hydrogens (tertiary/aromatic N) is 1. The molecule has 8 heteroatoms. The van der Waals surface area contributed by atoms with E-state index in [1.165, 1.54) is 6.92 Å². The van der Waals surface area contributed by atoms with E-state index in [1.54, 1.807) is 12.4 Å². The molecule has 0 unspecified atom stereocenters. The third kappa shape index (κ3) is 3.82. The van der Waals surface area contributed by atoms with E-state index in [9.17, 15) is 9.59 Å². The molecule has 3 rings (SSSR count). The van der Waals surface area contributed by atoms with E-state index < -0.39 is 18.3 Å². The molecule has 0 radical (unpaired) electrons. The highest BCUT2D eigenvalue weighted by atomic mass is 16.7. The van der Waals surface area contributed by atoms with Crippen LogP contribution in [0.5, 0.6) is 0 Å². The third-order valence-electron chi connectivity index (χ3n) is 5.16. The van der Waals surface area contributed by atoms with Crippen molar-refractivity contribution in [1.82, 2.24) is 15.3 Å². The summed E-state index contributed by atoms with van der Waals surface area (Å²) < 4.78 is 12.2. The van der Waals surface area contributed by atoms with Gasteiger partial charge in [0.1, 0.15) is 5.65 Å². The summed E-state index contributed by atoms with van der Waals surface area (Å²) in [4.78, 5) is 29.9. The molecule has 1 amide bonds. The van der Waals surface area contributed by atoms with E-state index in [4.69, 9.17) is 9.31 Å². The fourth-order valence-corrected chi connectivity index (χ4v) is 2.85. The van der Waals surface area contributed by atoms with Crippen LogP contribution >= 0.6 is 0 Å². The van der Waals surface area contributed by atoms with Gasteiger partial charge in [0.15, 0.2) is 6.29 Å². The lowest BCUT2D eigenvalue weighted by Gasteiger charge is -2.32. The summed E-state index contributed by atoms with van der Waals surface area (Å²) in [6.07, 6.45) is 6.00. The second-order valence-electron chi connectivity index (χ2n) is 7.74. The van der Waals surface area contributed by atoms with Gasteiger partial charge in [-0.05, 0) is 44.8 Å². The number of aldehydes is 1. The van der Waals surface area contributed by atoms with Gasteiger partial charge in [-0.3, -0.25) is 9.59 Å². The van der Waals surface area contributed by atoms with Crippen molar-refractivity contribution in [2.75, 3.05) is 6.54 Å². The Balaban J connectivity index is 1.98. The zero-order valence-electron chi connectivity index (χ0n) is 16.3. The first-order chi connectivity index (χ1) is 12.6. The van der Waals surface area contributed by atoms with Crippen molar-refractivity contribution in [3.8, 4) is 0 Å². The monoisotopic (exact) mass is 369 g/mol. The van der Waals surface area contributed by atoms with Gasteiger partial charge in [0.05, 0.1) is 11.2 Å². The molecule has 2 N–H and O–H groups in total. The minimum Gasteiger partial charge on any atom is -0.400 e. The van der Waals surface area contributed by atoms with Gasteiger partial charge in [-0.15, -0.1) is 0 Å². The predicted octanol–water partition coefficient (Wildman–Crippen LogP) is 2.53. The SMILES string of the molecule is CC(=O)NCC(=Cc1cnc2[nH]cc(C=O)c2c1)B1OC(C)(C)C(C)(C)O1. The van der Waals surface area contributed by atoms with Crippen molar-refractivity contribution in [2.24, 2.45) is 0 Å². The number of fused-ring (bicyclic) bond motifs is 1. The van der Waals surface area contributed by atoms with Crippen LogP contribution in [-0.4, -0.2) is 47.0 Å². The number of carbonyl (C=O) groups excluding carboxylic acids is 2. The largest absolute Gasteiger partial charge is 0.492 e. The van der Waals surface area contributed by atoms with Crippen LogP contribution in [-0.2, 0) is 14.1 Å². The van der Waals surface area contributed by atoms with Gasteiger partial charge in [0.2, 0.25) is 5.91 Å². The maximum absolute atomic E-state index is 11.4. The normalized spacial score (nSPS) is 18.7. The summed E-state index contributed by atoms with van der Waals surface area (Å²) in [5.41, 5.74) is 1.79. The molecule has 2 aromatic rings. The number of hydrogen-bond donors (Lipinski definition) is 2. The second kappa shape index (κ2) is 6.94. The molecule has 0 aliphatic carbocycles. The van der Waals surface area contributed by atoms with E-state index in [0.29, 0.717) is 11.2 Å². The number of H-pyrrole nitrogens is 1. The maximum Gasteiger partial charge on any atom is 0.492 e. The number of rotatable bonds is 5. The first-order valence-corrected chi connectivity index (χ1v) is 8.86. The van der Waals surface area contributed by atoms with Gasteiger partial charge in [-0.25, -0.2) is 4.98 Å². The molecule has 0 aromatic carbocycles. The van der Waals surface area contributed by atoms with Crippen LogP contribution in [0.15, 0.2) is 23.9 Å². The molecule has 142 valence electrons. The van der Waals surface area contributed by atoms with Crippen molar-refractivity contribution < 1.29 is 18.9 Å². The second-order valence-corrected chi connectivity index (χ2v) is 7.74. The highest BCUT2D eigenvalue weighted by Crippen LogP contribution is 2.38. The molecule has 0 spiro atoms. The van der Waals surface area contributed by atoms with E-state index in [2.05, 4.69) is 15.3 Å². The Bertz CT molecular complexity index is 901. The van der Waals surface area contributed by atoms with Gasteiger partial charge in [-0.1, -0.05) is 6.08 Å². The number of pyridine rings is 1. The highest BCUT2D eigenvalue weighted by molar-refractivity contribution is 6.56. The highest BCUT2D eigenvalue weighted by Gasteiger charge is 2.52. The number of aromatic nitrogens is 2. The molecular formula is C19H24BN3O4. The molecule has 0 saturated carbocycles. The average molecular weight is 369 g/mol. The van der Waals surface area contributed by atoms with E-state index in [0.717, 1.165) is 22.7 Å². The first-order valence-electron chi connectivity index (χ1n) is 8.86. The minimum atomic E-state index is -0.589. The van der Waals surface area contributed by atoms with Crippen LogP contribution in [0, 0.1) is 0 Å². The Hall–Kier alpha value is -2.45. The fourth-order valence-electron chi connectivity index (χ4n) is 2.85. The molecule has 1 fully saturated rings. The van der Waals surface area contributed by atoms with Crippen LogP contribution in [0.1, 0.15) is 50.5 Å². The lowest BCUT2D eigenvalue weighted by atomic mass is 9.77. The molecule has 7 nitrogen and oxygen atoms in total. The Morgan fingerprint density at radius 2 is 1.96 bits per heavy atom. The van der Waals surface area contributed by atoms with Crippen molar-refractivity contribution >= 4 is 36.4 Å². The standard InChI is InChI=1S/C19H24BN3O4/c1-12(25)21-10-15(20-26-18(2,3)19(4,5)27-20)6-13-7-16-14(11-24)9-23-17(16)22-8-13/h6-9,11H,10H2,1-5H3,(H,21,25)(H,22,23). The fraction of sp³-hybridized carbons (Fsp3) is 0.421. The number of carbonyl (C=O) groups is 2. The molecule has 0 bridgehead atoms. The first kappa shape index (κ1) is 19.3. The average Bonchev–Trinajstić information content (AvgIpc) is 3.08. The van der Waals surface area contributed by atoms with Crippen LogP contribution in [0.2, 0.25) is 0 Å². The van der Waals surface area contributed by atoms with Crippen LogP contribution in [0.25, 0.3) is 17.1 Å². The summed E-state index contributed by atoms with van der Waals surface area (Å²) in [5.74, 6) is -0.139. The minimum absolute atomic E-state index is 0.139. The molecule has 2 aromatic heterocycles. The van der Waals surface area contributed by atoms with Gasteiger partial charge < -0.3 is 19.6 Å². The molecule has 1 saturated heterocycles. The van der Waals surface area contributed by atoms with Crippen molar-refractivity contribution in [2.45, 2.75) is 45.8 Å².